The maximum atomic E-state index is 12.3. The summed E-state index contributed by atoms with van der Waals surface area (Å²) in [6, 6.07) is 8.33. The molecular weight excluding hydrogens is 310 g/mol. The van der Waals surface area contributed by atoms with Gasteiger partial charge in [0.15, 0.2) is 0 Å². The molecule has 0 radical (unpaired) electrons. The number of nitrogen functional groups attached to an aromatic ring is 1. The molecule has 1 aromatic carbocycles. The van der Waals surface area contributed by atoms with Crippen LogP contribution in [-0.2, 0) is 4.79 Å². The Morgan fingerprint density at radius 1 is 1.25 bits per heavy atom. The van der Waals surface area contributed by atoms with Gasteiger partial charge >= 0.3 is 5.97 Å². The van der Waals surface area contributed by atoms with E-state index in [1.807, 2.05) is 0 Å². The van der Waals surface area contributed by atoms with Gasteiger partial charge < -0.3 is 21.5 Å². The van der Waals surface area contributed by atoms with Crippen LogP contribution >= 0.6 is 0 Å². The second-order valence-electron chi connectivity index (χ2n) is 5.60. The van der Waals surface area contributed by atoms with Gasteiger partial charge in [-0.15, -0.1) is 0 Å². The number of hydrogen-bond donors (Lipinski definition) is 4. The summed E-state index contributed by atoms with van der Waals surface area (Å²) >= 11 is 0. The van der Waals surface area contributed by atoms with E-state index in [1.54, 1.807) is 30.3 Å². The van der Waals surface area contributed by atoms with Crippen molar-refractivity contribution < 1.29 is 14.7 Å². The molecule has 1 saturated carbocycles. The molecule has 24 heavy (non-hydrogen) atoms. The highest BCUT2D eigenvalue weighted by Crippen LogP contribution is 2.39. The molecule has 0 bridgehead atoms. The van der Waals surface area contributed by atoms with Crippen LogP contribution in [0.2, 0.25) is 0 Å². The molecule has 0 saturated heterocycles. The van der Waals surface area contributed by atoms with E-state index < -0.39 is 5.97 Å². The summed E-state index contributed by atoms with van der Waals surface area (Å²) in [6.07, 6.45) is 2.05. The Balaban J connectivity index is 1.80. The van der Waals surface area contributed by atoms with Crippen molar-refractivity contribution in [3.63, 3.8) is 0 Å². The Kier molecular flexibility index (Phi) is 4.28. The van der Waals surface area contributed by atoms with E-state index in [4.69, 9.17) is 10.8 Å². The van der Waals surface area contributed by atoms with E-state index in [9.17, 15) is 9.59 Å². The first-order valence-corrected chi connectivity index (χ1v) is 7.53. The van der Waals surface area contributed by atoms with Gasteiger partial charge in [0.25, 0.3) is 5.91 Å². The molecule has 5 N–H and O–H groups in total. The Bertz CT molecular complexity index is 789. The Morgan fingerprint density at radius 2 is 2.04 bits per heavy atom. The fourth-order valence-electron chi connectivity index (χ4n) is 2.22. The summed E-state index contributed by atoms with van der Waals surface area (Å²) in [6.45, 7) is -0.295. The van der Waals surface area contributed by atoms with Gasteiger partial charge in [0.2, 0.25) is 5.95 Å². The zero-order chi connectivity index (χ0) is 17.1. The number of carboxylic acid groups (broad SMARTS) is 1. The first kappa shape index (κ1) is 15.7. The topological polar surface area (TPSA) is 130 Å². The van der Waals surface area contributed by atoms with Gasteiger partial charge in [-0.05, 0) is 31.0 Å². The fraction of sp³-hybridized carbons (Fsp3) is 0.250. The molecule has 1 heterocycles. The van der Waals surface area contributed by atoms with Crippen LogP contribution in [0.4, 0.5) is 17.5 Å². The van der Waals surface area contributed by atoms with E-state index in [1.165, 1.54) is 0 Å². The number of carbonyl (C=O) groups is 2. The second kappa shape index (κ2) is 6.53. The van der Waals surface area contributed by atoms with E-state index in [0.29, 0.717) is 23.0 Å². The third-order valence-corrected chi connectivity index (χ3v) is 3.53. The smallest absolute Gasteiger partial charge is 0.322 e. The minimum absolute atomic E-state index is 0.185. The van der Waals surface area contributed by atoms with Gasteiger partial charge in [-0.1, -0.05) is 6.07 Å². The van der Waals surface area contributed by atoms with Crippen molar-refractivity contribution in [3.05, 3.63) is 41.6 Å². The van der Waals surface area contributed by atoms with Gasteiger partial charge in [-0.3, -0.25) is 9.59 Å². The number of hydrogen-bond acceptors (Lipinski definition) is 6. The van der Waals surface area contributed by atoms with Gasteiger partial charge in [0.05, 0.1) is 5.69 Å². The first-order chi connectivity index (χ1) is 11.5. The standard InChI is InChI=1S/C16H17N5O3/c17-11-3-1-2-10(6-11)15(24)20-13-7-12(9-4-5-9)19-16(21-13)18-8-14(22)23/h1-3,6-7,9H,4-5,8,17H2,(H,22,23)(H2,18,19,20,21,24). The van der Waals surface area contributed by atoms with Crippen LogP contribution in [0.1, 0.15) is 34.8 Å². The number of nitrogens with one attached hydrogen (secondary N) is 2. The average Bonchev–Trinajstić information content (AvgIpc) is 3.37. The minimum Gasteiger partial charge on any atom is -0.480 e. The number of carboxylic acids is 1. The number of anilines is 3. The van der Waals surface area contributed by atoms with Crippen molar-refractivity contribution in [3.8, 4) is 0 Å². The second-order valence-corrected chi connectivity index (χ2v) is 5.60. The van der Waals surface area contributed by atoms with Gasteiger partial charge in [-0.25, -0.2) is 4.98 Å². The highest BCUT2D eigenvalue weighted by molar-refractivity contribution is 6.04. The number of nitrogens with zero attached hydrogens (tertiary/aromatic N) is 2. The SMILES string of the molecule is Nc1cccc(C(=O)Nc2cc(C3CC3)nc(NCC(=O)O)n2)c1. The van der Waals surface area contributed by atoms with Crippen LogP contribution in [0, 0.1) is 0 Å². The summed E-state index contributed by atoms with van der Waals surface area (Å²) in [5, 5.41) is 14.1. The molecule has 124 valence electrons. The zero-order valence-electron chi connectivity index (χ0n) is 12.8. The predicted octanol–water partition coefficient (Wildman–Crippen LogP) is 1.68. The number of benzene rings is 1. The molecule has 0 aliphatic heterocycles. The Labute approximate surface area is 138 Å². The molecule has 1 aliphatic rings. The van der Waals surface area contributed by atoms with Crippen LogP contribution in [0.15, 0.2) is 30.3 Å². The van der Waals surface area contributed by atoms with E-state index >= 15 is 0 Å². The summed E-state index contributed by atoms with van der Waals surface area (Å²) in [4.78, 5) is 31.4. The lowest BCUT2D eigenvalue weighted by Gasteiger charge is -2.10. The predicted molar refractivity (Wildman–Crippen MR) is 88.9 cm³/mol. The van der Waals surface area contributed by atoms with Crippen LogP contribution < -0.4 is 16.4 Å². The lowest BCUT2D eigenvalue weighted by atomic mass is 10.2. The summed E-state index contributed by atoms with van der Waals surface area (Å²) < 4.78 is 0. The molecule has 1 aliphatic carbocycles. The van der Waals surface area contributed by atoms with Crippen molar-refractivity contribution in [2.75, 3.05) is 22.9 Å². The van der Waals surface area contributed by atoms with Gasteiger partial charge in [-0.2, -0.15) is 4.98 Å². The number of rotatable bonds is 6. The summed E-state index contributed by atoms with van der Waals surface area (Å²) in [5.41, 5.74) is 7.39. The minimum atomic E-state index is -1.01. The zero-order valence-corrected chi connectivity index (χ0v) is 12.8. The first-order valence-electron chi connectivity index (χ1n) is 7.53. The van der Waals surface area contributed by atoms with Gasteiger partial charge in [0, 0.05) is 23.2 Å². The quantitative estimate of drug-likeness (QED) is 0.594. The van der Waals surface area contributed by atoms with E-state index in [0.717, 1.165) is 18.5 Å². The molecule has 0 unspecified atom stereocenters. The molecule has 0 spiro atoms. The lowest BCUT2D eigenvalue weighted by molar-refractivity contribution is -0.134. The summed E-state index contributed by atoms with van der Waals surface area (Å²) in [7, 11) is 0. The molecule has 3 rings (SSSR count). The van der Waals surface area contributed by atoms with Crippen molar-refractivity contribution >= 4 is 29.3 Å². The fourth-order valence-corrected chi connectivity index (χ4v) is 2.22. The molecule has 0 atom stereocenters. The van der Waals surface area contributed by atoms with Crippen LogP contribution in [-0.4, -0.2) is 33.5 Å². The largest absolute Gasteiger partial charge is 0.480 e. The van der Waals surface area contributed by atoms with Crippen molar-refractivity contribution in [2.45, 2.75) is 18.8 Å². The van der Waals surface area contributed by atoms with E-state index in [2.05, 4.69) is 20.6 Å². The summed E-state index contributed by atoms with van der Waals surface area (Å²) in [5.74, 6) is -0.508. The van der Waals surface area contributed by atoms with Crippen molar-refractivity contribution in [1.29, 1.82) is 0 Å². The highest BCUT2D eigenvalue weighted by atomic mass is 16.4. The maximum absolute atomic E-state index is 12.3. The van der Waals surface area contributed by atoms with E-state index in [-0.39, 0.29) is 18.4 Å². The average molecular weight is 327 g/mol. The number of carbonyl (C=O) groups excluding carboxylic acids is 1. The number of nitrogens with two attached hydrogens (primary N) is 1. The number of aromatic nitrogens is 2. The number of aliphatic carboxylic acids is 1. The van der Waals surface area contributed by atoms with Crippen LogP contribution in [0.3, 0.4) is 0 Å². The molecule has 8 heteroatoms. The molecule has 1 aromatic heterocycles. The molecule has 1 amide bonds. The van der Waals surface area contributed by atoms with Crippen molar-refractivity contribution in [2.24, 2.45) is 0 Å². The third-order valence-electron chi connectivity index (χ3n) is 3.53. The maximum Gasteiger partial charge on any atom is 0.322 e. The number of amides is 1. The van der Waals surface area contributed by atoms with Crippen LogP contribution in [0.25, 0.3) is 0 Å². The Hall–Kier alpha value is -3.16. The lowest BCUT2D eigenvalue weighted by Crippen LogP contribution is -2.17. The Morgan fingerprint density at radius 3 is 2.71 bits per heavy atom. The van der Waals surface area contributed by atoms with Crippen molar-refractivity contribution in [1.82, 2.24) is 9.97 Å². The third kappa shape index (κ3) is 3.97. The molecule has 1 fully saturated rings. The van der Waals surface area contributed by atoms with Gasteiger partial charge in [0.1, 0.15) is 12.4 Å². The highest BCUT2D eigenvalue weighted by Gasteiger charge is 2.26. The normalized spacial score (nSPS) is 13.3. The molecule has 8 nitrogen and oxygen atoms in total. The molecule has 2 aromatic rings. The monoisotopic (exact) mass is 327 g/mol. The molecular formula is C16H17N5O3. The van der Waals surface area contributed by atoms with Crippen LogP contribution in [0.5, 0.6) is 0 Å².